The average molecular weight is 180 g/mol. The van der Waals surface area contributed by atoms with E-state index >= 15 is 0 Å². The SMILES string of the molecule is Cc1nc(C(C)(C)C)c(C)nc1O. The Labute approximate surface area is 78.9 Å². The highest BCUT2D eigenvalue weighted by Gasteiger charge is 2.20. The molecule has 0 fully saturated rings. The van der Waals surface area contributed by atoms with Crippen molar-refractivity contribution in [1.82, 2.24) is 9.97 Å². The summed E-state index contributed by atoms with van der Waals surface area (Å²) in [5.41, 5.74) is 2.32. The van der Waals surface area contributed by atoms with Gasteiger partial charge in [-0.05, 0) is 13.8 Å². The summed E-state index contributed by atoms with van der Waals surface area (Å²) in [7, 11) is 0. The van der Waals surface area contributed by atoms with E-state index in [0.717, 1.165) is 11.4 Å². The van der Waals surface area contributed by atoms with E-state index in [0.29, 0.717) is 5.69 Å². The number of aryl methyl sites for hydroxylation is 2. The molecule has 0 spiro atoms. The zero-order valence-corrected chi connectivity index (χ0v) is 8.84. The Balaban J connectivity index is 3.32. The Morgan fingerprint density at radius 3 is 2.00 bits per heavy atom. The molecule has 0 unspecified atom stereocenters. The maximum Gasteiger partial charge on any atom is 0.233 e. The average Bonchev–Trinajstić information content (AvgIpc) is 1.94. The summed E-state index contributed by atoms with van der Waals surface area (Å²) < 4.78 is 0. The second kappa shape index (κ2) is 2.98. The Kier molecular flexibility index (Phi) is 2.28. The molecule has 0 aliphatic rings. The van der Waals surface area contributed by atoms with Crippen molar-refractivity contribution in [3.63, 3.8) is 0 Å². The summed E-state index contributed by atoms with van der Waals surface area (Å²) in [4.78, 5) is 8.36. The molecule has 0 aliphatic carbocycles. The van der Waals surface area contributed by atoms with Crippen molar-refractivity contribution in [1.29, 1.82) is 0 Å². The molecule has 1 aromatic heterocycles. The first-order valence-corrected chi connectivity index (χ1v) is 4.37. The molecule has 0 amide bonds. The Bertz CT molecular complexity index is 326. The van der Waals surface area contributed by atoms with Crippen LogP contribution in [-0.2, 0) is 5.41 Å². The van der Waals surface area contributed by atoms with Gasteiger partial charge in [-0.15, -0.1) is 0 Å². The Morgan fingerprint density at radius 1 is 1.00 bits per heavy atom. The number of aromatic hydroxyl groups is 1. The van der Waals surface area contributed by atoms with Crippen LogP contribution in [0.2, 0.25) is 0 Å². The van der Waals surface area contributed by atoms with Gasteiger partial charge in [0, 0.05) is 5.41 Å². The highest BCUT2D eigenvalue weighted by molar-refractivity contribution is 5.26. The van der Waals surface area contributed by atoms with Crippen LogP contribution in [0.1, 0.15) is 37.9 Å². The number of hydrogen-bond acceptors (Lipinski definition) is 3. The van der Waals surface area contributed by atoms with Crippen molar-refractivity contribution in [2.45, 2.75) is 40.0 Å². The highest BCUT2D eigenvalue weighted by Crippen LogP contribution is 2.24. The fourth-order valence-corrected chi connectivity index (χ4v) is 1.30. The number of rotatable bonds is 0. The molecule has 72 valence electrons. The molecule has 1 rings (SSSR count). The lowest BCUT2D eigenvalue weighted by molar-refractivity contribution is 0.437. The van der Waals surface area contributed by atoms with E-state index in [9.17, 15) is 5.11 Å². The van der Waals surface area contributed by atoms with Crippen molar-refractivity contribution in [2.24, 2.45) is 0 Å². The lowest BCUT2D eigenvalue weighted by Crippen LogP contribution is -2.17. The number of hydrogen-bond donors (Lipinski definition) is 1. The topological polar surface area (TPSA) is 46.0 Å². The summed E-state index contributed by atoms with van der Waals surface area (Å²) in [5.74, 6) is 0.0329. The van der Waals surface area contributed by atoms with Crippen molar-refractivity contribution in [3.05, 3.63) is 17.1 Å². The second-order valence-corrected chi connectivity index (χ2v) is 4.32. The maximum atomic E-state index is 9.32. The molecule has 3 heteroatoms. The van der Waals surface area contributed by atoms with Crippen LogP contribution in [0.5, 0.6) is 5.88 Å². The summed E-state index contributed by atoms with van der Waals surface area (Å²) in [6.07, 6.45) is 0. The van der Waals surface area contributed by atoms with Gasteiger partial charge >= 0.3 is 0 Å². The van der Waals surface area contributed by atoms with Crippen LogP contribution in [0, 0.1) is 13.8 Å². The first-order valence-electron chi connectivity index (χ1n) is 4.37. The third-order valence-electron chi connectivity index (χ3n) is 1.93. The summed E-state index contributed by atoms with van der Waals surface area (Å²) in [6.45, 7) is 9.88. The third kappa shape index (κ3) is 1.97. The molecule has 0 bridgehead atoms. The van der Waals surface area contributed by atoms with Crippen LogP contribution in [-0.4, -0.2) is 15.1 Å². The monoisotopic (exact) mass is 180 g/mol. The fraction of sp³-hybridized carbons (Fsp3) is 0.600. The number of aromatic nitrogens is 2. The van der Waals surface area contributed by atoms with Crippen molar-refractivity contribution >= 4 is 0 Å². The van der Waals surface area contributed by atoms with E-state index in [1.54, 1.807) is 6.92 Å². The number of nitrogens with zero attached hydrogens (tertiary/aromatic N) is 2. The minimum absolute atomic E-state index is 0.0183. The lowest BCUT2D eigenvalue weighted by Gasteiger charge is -2.20. The summed E-state index contributed by atoms with van der Waals surface area (Å²) in [5, 5.41) is 9.32. The predicted molar refractivity (Wildman–Crippen MR) is 51.9 cm³/mol. The van der Waals surface area contributed by atoms with Gasteiger partial charge in [-0.3, -0.25) is 4.98 Å². The summed E-state index contributed by atoms with van der Waals surface area (Å²) in [6, 6.07) is 0. The van der Waals surface area contributed by atoms with Gasteiger partial charge < -0.3 is 5.11 Å². The zero-order chi connectivity index (χ0) is 10.2. The highest BCUT2D eigenvalue weighted by atomic mass is 16.3. The first kappa shape index (κ1) is 9.96. The van der Waals surface area contributed by atoms with E-state index in [1.165, 1.54) is 0 Å². The van der Waals surface area contributed by atoms with Gasteiger partial charge in [0.15, 0.2) is 0 Å². The molecule has 0 saturated carbocycles. The molecular formula is C10H16N2O. The van der Waals surface area contributed by atoms with E-state index in [1.807, 2.05) is 6.92 Å². The van der Waals surface area contributed by atoms with Crippen LogP contribution in [0.15, 0.2) is 0 Å². The third-order valence-corrected chi connectivity index (χ3v) is 1.93. The van der Waals surface area contributed by atoms with Gasteiger partial charge in [0.1, 0.15) is 0 Å². The van der Waals surface area contributed by atoms with Crippen LogP contribution in [0.4, 0.5) is 0 Å². The van der Waals surface area contributed by atoms with E-state index in [-0.39, 0.29) is 11.3 Å². The minimum Gasteiger partial charge on any atom is -0.492 e. The van der Waals surface area contributed by atoms with Crippen LogP contribution in [0.25, 0.3) is 0 Å². The van der Waals surface area contributed by atoms with Gasteiger partial charge in [-0.25, -0.2) is 4.98 Å². The molecular weight excluding hydrogens is 164 g/mol. The van der Waals surface area contributed by atoms with Gasteiger partial charge in [0.25, 0.3) is 0 Å². The Hall–Kier alpha value is -1.12. The molecule has 0 saturated heterocycles. The van der Waals surface area contributed by atoms with Gasteiger partial charge in [-0.1, -0.05) is 20.8 Å². The zero-order valence-electron chi connectivity index (χ0n) is 8.84. The molecule has 1 heterocycles. The van der Waals surface area contributed by atoms with Crippen LogP contribution >= 0.6 is 0 Å². The normalized spacial score (nSPS) is 11.8. The first-order chi connectivity index (χ1) is 5.82. The molecule has 0 atom stereocenters. The molecule has 1 aromatic rings. The molecule has 0 radical (unpaired) electrons. The predicted octanol–water partition coefficient (Wildman–Crippen LogP) is 2.10. The molecule has 0 aliphatic heterocycles. The fourth-order valence-electron chi connectivity index (χ4n) is 1.30. The van der Waals surface area contributed by atoms with Gasteiger partial charge in [-0.2, -0.15) is 0 Å². The largest absolute Gasteiger partial charge is 0.492 e. The quantitative estimate of drug-likeness (QED) is 0.665. The second-order valence-electron chi connectivity index (χ2n) is 4.32. The van der Waals surface area contributed by atoms with E-state index in [4.69, 9.17) is 0 Å². The molecule has 3 nitrogen and oxygen atoms in total. The molecule has 1 N–H and O–H groups in total. The smallest absolute Gasteiger partial charge is 0.233 e. The molecule has 0 aromatic carbocycles. The Morgan fingerprint density at radius 2 is 1.54 bits per heavy atom. The van der Waals surface area contributed by atoms with Gasteiger partial charge in [0.2, 0.25) is 5.88 Å². The van der Waals surface area contributed by atoms with Crippen molar-refractivity contribution < 1.29 is 5.11 Å². The van der Waals surface area contributed by atoms with E-state index in [2.05, 4.69) is 30.7 Å². The van der Waals surface area contributed by atoms with Crippen LogP contribution < -0.4 is 0 Å². The minimum atomic E-state index is -0.0183. The van der Waals surface area contributed by atoms with Crippen LogP contribution in [0.3, 0.4) is 0 Å². The van der Waals surface area contributed by atoms with Gasteiger partial charge in [0.05, 0.1) is 17.1 Å². The van der Waals surface area contributed by atoms with Crippen molar-refractivity contribution in [2.75, 3.05) is 0 Å². The van der Waals surface area contributed by atoms with Crippen molar-refractivity contribution in [3.8, 4) is 5.88 Å². The summed E-state index contributed by atoms with van der Waals surface area (Å²) >= 11 is 0. The lowest BCUT2D eigenvalue weighted by atomic mass is 9.90. The molecule has 13 heavy (non-hydrogen) atoms. The standard InChI is InChI=1S/C10H16N2O/c1-6-8(10(3,4)5)11-7(2)9(13)12-6/h1-5H3,(H,12,13). The van der Waals surface area contributed by atoms with E-state index < -0.39 is 0 Å². The maximum absolute atomic E-state index is 9.32.